The van der Waals surface area contributed by atoms with Crippen molar-refractivity contribution < 1.29 is 19.4 Å². The molecule has 2 aromatic rings. The third-order valence-electron chi connectivity index (χ3n) is 2.57. The van der Waals surface area contributed by atoms with Crippen LogP contribution < -0.4 is 4.74 Å². The average molecular weight is 357 g/mol. The lowest BCUT2D eigenvalue weighted by Crippen LogP contribution is -2.25. The van der Waals surface area contributed by atoms with E-state index < -0.39 is 6.10 Å². The third-order valence-corrected chi connectivity index (χ3v) is 3.08. The molecule has 4 nitrogen and oxygen atoms in total. The Labute approximate surface area is 145 Å². The van der Waals surface area contributed by atoms with Gasteiger partial charge in [-0.2, -0.15) is 0 Å². The van der Waals surface area contributed by atoms with Gasteiger partial charge in [0.2, 0.25) is 0 Å². The van der Waals surface area contributed by atoms with Crippen LogP contribution >= 0.6 is 23.2 Å². The van der Waals surface area contributed by atoms with Crippen LogP contribution in [0.4, 0.5) is 0 Å². The second kappa shape index (κ2) is 9.98. The number of carbonyl (C=O) groups is 1. The van der Waals surface area contributed by atoms with Gasteiger partial charge in [0, 0.05) is 10.0 Å². The zero-order valence-corrected chi connectivity index (χ0v) is 14.3. The van der Waals surface area contributed by atoms with Crippen molar-refractivity contribution in [1.29, 1.82) is 0 Å². The summed E-state index contributed by atoms with van der Waals surface area (Å²) in [5, 5.41) is 9.97. The van der Waals surface area contributed by atoms with Gasteiger partial charge in [0.1, 0.15) is 11.5 Å². The molecule has 0 aliphatic heterocycles. The predicted molar refractivity (Wildman–Crippen MR) is 91.3 cm³/mol. The van der Waals surface area contributed by atoms with E-state index in [1.54, 1.807) is 62.4 Å². The zero-order valence-electron chi connectivity index (χ0n) is 12.8. The Balaban J connectivity index is 0.000000277. The average Bonchev–Trinajstić information content (AvgIpc) is 2.53. The molecule has 6 heteroatoms. The molecule has 0 bridgehead atoms. The quantitative estimate of drug-likeness (QED) is 0.805. The SMILES string of the molecule is CCOC(=O)C(C)Oc1ccc(Cl)cc1.Oc1ccc(Cl)cc1. The number of phenols is 1. The van der Waals surface area contributed by atoms with E-state index in [2.05, 4.69) is 0 Å². The number of carbonyl (C=O) groups excluding carboxylic acids is 1. The largest absolute Gasteiger partial charge is 0.508 e. The van der Waals surface area contributed by atoms with Gasteiger partial charge in [-0.3, -0.25) is 0 Å². The van der Waals surface area contributed by atoms with Gasteiger partial charge >= 0.3 is 5.97 Å². The van der Waals surface area contributed by atoms with E-state index in [4.69, 9.17) is 37.8 Å². The maximum atomic E-state index is 11.2. The molecule has 0 saturated heterocycles. The fraction of sp³-hybridized carbons (Fsp3) is 0.235. The van der Waals surface area contributed by atoms with Gasteiger partial charge in [-0.05, 0) is 62.4 Å². The van der Waals surface area contributed by atoms with E-state index in [0.29, 0.717) is 22.4 Å². The monoisotopic (exact) mass is 356 g/mol. The molecule has 124 valence electrons. The summed E-state index contributed by atoms with van der Waals surface area (Å²) in [5.74, 6) is 0.474. The molecule has 2 rings (SSSR count). The van der Waals surface area contributed by atoms with Crippen LogP contribution in [0.15, 0.2) is 48.5 Å². The van der Waals surface area contributed by atoms with Crippen LogP contribution in [0.5, 0.6) is 11.5 Å². The molecule has 2 aromatic carbocycles. The predicted octanol–water partition coefficient (Wildman–Crippen LogP) is 4.72. The molecule has 0 fully saturated rings. The van der Waals surface area contributed by atoms with E-state index in [1.165, 1.54) is 0 Å². The van der Waals surface area contributed by atoms with Crippen LogP contribution in [-0.2, 0) is 9.53 Å². The van der Waals surface area contributed by atoms with Crippen molar-refractivity contribution in [3.05, 3.63) is 58.6 Å². The minimum Gasteiger partial charge on any atom is -0.508 e. The van der Waals surface area contributed by atoms with E-state index in [-0.39, 0.29) is 11.7 Å². The summed E-state index contributed by atoms with van der Waals surface area (Å²) >= 11 is 11.2. The van der Waals surface area contributed by atoms with Crippen LogP contribution in [0, 0.1) is 0 Å². The highest BCUT2D eigenvalue weighted by Gasteiger charge is 2.15. The number of benzene rings is 2. The van der Waals surface area contributed by atoms with Crippen LogP contribution in [0.1, 0.15) is 13.8 Å². The highest BCUT2D eigenvalue weighted by Crippen LogP contribution is 2.17. The second-order valence-electron chi connectivity index (χ2n) is 4.44. The number of ether oxygens (including phenoxy) is 2. The number of phenolic OH excluding ortho intramolecular Hbond substituents is 1. The molecule has 0 amide bonds. The Morgan fingerprint density at radius 2 is 1.52 bits per heavy atom. The van der Waals surface area contributed by atoms with Crippen molar-refractivity contribution in [2.45, 2.75) is 20.0 Å². The second-order valence-corrected chi connectivity index (χ2v) is 5.32. The number of aromatic hydroxyl groups is 1. The molecular weight excluding hydrogens is 339 g/mol. The molecule has 0 aromatic heterocycles. The van der Waals surface area contributed by atoms with Crippen molar-refractivity contribution in [2.75, 3.05) is 6.61 Å². The Bertz CT molecular complexity index is 576. The smallest absolute Gasteiger partial charge is 0.347 e. The highest BCUT2D eigenvalue weighted by molar-refractivity contribution is 6.30. The fourth-order valence-electron chi connectivity index (χ4n) is 1.47. The molecule has 1 unspecified atom stereocenters. The number of halogens is 2. The summed E-state index contributed by atoms with van der Waals surface area (Å²) in [5.41, 5.74) is 0. The van der Waals surface area contributed by atoms with Crippen molar-refractivity contribution >= 4 is 29.2 Å². The maximum absolute atomic E-state index is 11.2. The number of hydrogen-bond acceptors (Lipinski definition) is 4. The van der Waals surface area contributed by atoms with Crippen LogP contribution in [0.2, 0.25) is 10.0 Å². The summed E-state index contributed by atoms with van der Waals surface area (Å²) in [6, 6.07) is 13.2. The molecule has 0 radical (unpaired) electrons. The lowest BCUT2D eigenvalue weighted by molar-refractivity contribution is -0.150. The van der Waals surface area contributed by atoms with Crippen LogP contribution in [0.25, 0.3) is 0 Å². The van der Waals surface area contributed by atoms with E-state index in [9.17, 15) is 4.79 Å². The van der Waals surface area contributed by atoms with Crippen molar-refractivity contribution in [1.82, 2.24) is 0 Å². The fourth-order valence-corrected chi connectivity index (χ4v) is 1.72. The van der Waals surface area contributed by atoms with Crippen molar-refractivity contribution in [3.8, 4) is 11.5 Å². The molecule has 0 aliphatic carbocycles. The van der Waals surface area contributed by atoms with E-state index in [1.807, 2.05) is 0 Å². The van der Waals surface area contributed by atoms with Gasteiger partial charge in [-0.1, -0.05) is 23.2 Å². The normalized spacial score (nSPS) is 11.0. The summed E-state index contributed by atoms with van der Waals surface area (Å²) < 4.78 is 10.2. The Hall–Kier alpha value is -1.91. The number of hydrogen-bond donors (Lipinski definition) is 1. The van der Waals surface area contributed by atoms with Gasteiger partial charge in [-0.15, -0.1) is 0 Å². The summed E-state index contributed by atoms with van der Waals surface area (Å²) in [6.45, 7) is 3.76. The first-order valence-electron chi connectivity index (χ1n) is 6.95. The van der Waals surface area contributed by atoms with Gasteiger partial charge in [0.25, 0.3) is 0 Å². The molecule has 0 saturated carbocycles. The molecule has 0 heterocycles. The summed E-state index contributed by atoms with van der Waals surface area (Å²) in [6.07, 6.45) is -0.605. The Morgan fingerprint density at radius 1 is 1.04 bits per heavy atom. The van der Waals surface area contributed by atoms with Crippen molar-refractivity contribution in [3.63, 3.8) is 0 Å². The lowest BCUT2D eigenvalue weighted by atomic mass is 10.3. The van der Waals surface area contributed by atoms with Crippen LogP contribution in [0.3, 0.4) is 0 Å². The Morgan fingerprint density at radius 3 is 1.96 bits per heavy atom. The summed E-state index contributed by atoms with van der Waals surface area (Å²) in [7, 11) is 0. The topological polar surface area (TPSA) is 55.8 Å². The summed E-state index contributed by atoms with van der Waals surface area (Å²) in [4.78, 5) is 11.2. The van der Waals surface area contributed by atoms with Gasteiger partial charge < -0.3 is 14.6 Å². The third kappa shape index (κ3) is 7.77. The standard InChI is InChI=1S/C11H13ClO3.C6H5ClO/c1-3-14-11(13)8(2)15-10-6-4-9(12)5-7-10;7-5-1-3-6(8)4-2-5/h4-8H,3H2,1-2H3;1-4,8H. The minimum absolute atomic E-state index is 0.245. The maximum Gasteiger partial charge on any atom is 0.347 e. The zero-order chi connectivity index (χ0) is 17.2. The minimum atomic E-state index is -0.605. The van der Waals surface area contributed by atoms with E-state index >= 15 is 0 Å². The molecule has 1 N–H and O–H groups in total. The highest BCUT2D eigenvalue weighted by atomic mass is 35.5. The Kier molecular flexibility index (Phi) is 8.30. The lowest BCUT2D eigenvalue weighted by Gasteiger charge is -2.12. The molecule has 1 atom stereocenters. The first kappa shape index (κ1) is 19.1. The number of rotatable bonds is 4. The van der Waals surface area contributed by atoms with Gasteiger partial charge in [0.15, 0.2) is 6.10 Å². The molecular formula is C17H18Cl2O4. The van der Waals surface area contributed by atoms with Crippen LogP contribution in [-0.4, -0.2) is 23.8 Å². The van der Waals surface area contributed by atoms with Gasteiger partial charge in [-0.25, -0.2) is 4.79 Å². The van der Waals surface area contributed by atoms with Gasteiger partial charge in [0.05, 0.1) is 6.61 Å². The first-order valence-corrected chi connectivity index (χ1v) is 7.71. The number of esters is 1. The molecule has 0 spiro atoms. The van der Waals surface area contributed by atoms with E-state index in [0.717, 1.165) is 0 Å². The first-order chi connectivity index (χ1) is 10.9. The molecule has 23 heavy (non-hydrogen) atoms. The van der Waals surface area contributed by atoms with Crippen molar-refractivity contribution in [2.24, 2.45) is 0 Å². The molecule has 0 aliphatic rings.